The number of hydrogen-bond donors (Lipinski definition) is 0. The number of carbonyl (C=O) groups is 1. The van der Waals surface area contributed by atoms with Gasteiger partial charge in [0.1, 0.15) is 11.5 Å². The van der Waals surface area contributed by atoms with Crippen LogP contribution in [0, 0.1) is 5.92 Å². The third kappa shape index (κ3) is 4.60. The van der Waals surface area contributed by atoms with Crippen molar-refractivity contribution in [2.24, 2.45) is 5.92 Å². The van der Waals surface area contributed by atoms with Crippen molar-refractivity contribution < 1.29 is 14.3 Å². The Hall–Kier alpha value is -2.83. The van der Waals surface area contributed by atoms with E-state index in [0.29, 0.717) is 0 Å². The maximum absolute atomic E-state index is 12.6. The average Bonchev–Trinajstić information content (AvgIpc) is 2.79. The second kappa shape index (κ2) is 9.58. The van der Waals surface area contributed by atoms with Crippen molar-refractivity contribution in [1.29, 1.82) is 0 Å². The molecule has 0 spiro atoms. The standard InChI is InChI=1S/C22H30N4O3/c1-5-16(6-2)22(27)26-13-11-25(12-14-26)21-10-8-19(23-24-21)18-15-17(28-3)7-9-20(18)29-4/h7-10,15-16H,5-6,11-14H2,1-4H3. The molecule has 7 heteroatoms. The molecule has 1 fully saturated rings. The normalized spacial score (nSPS) is 14.2. The number of nitrogens with zero attached hydrogens (tertiary/aromatic N) is 4. The van der Waals surface area contributed by atoms with E-state index in [9.17, 15) is 4.79 Å². The number of amides is 1. The Morgan fingerprint density at radius 2 is 1.72 bits per heavy atom. The van der Waals surface area contributed by atoms with Crippen LogP contribution in [-0.2, 0) is 4.79 Å². The molecule has 0 aliphatic carbocycles. The number of rotatable bonds is 7. The highest BCUT2D eigenvalue weighted by Crippen LogP contribution is 2.32. The van der Waals surface area contributed by atoms with Gasteiger partial charge in [0.15, 0.2) is 5.82 Å². The molecule has 29 heavy (non-hydrogen) atoms. The van der Waals surface area contributed by atoms with Crippen molar-refractivity contribution in [3.8, 4) is 22.8 Å². The van der Waals surface area contributed by atoms with Gasteiger partial charge in [-0.25, -0.2) is 0 Å². The first-order valence-electron chi connectivity index (χ1n) is 10.2. The summed E-state index contributed by atoms with van der Waals surface area (Å²) < 4.78 is 10.8. The molecule has 0 N–H and O–H groups in total. The van der Waals surface area contributed by atoms with Crippen molar-refractivity contribution in [3.63, 3.8) is 0 Å². The smallest absolute Gasteiger partial charge is 0.225 e. The van der Waals surface area contributed by atoms with Gasteiger partial charge >= 0.3 is 0 Å². The maximum Gasteiger partial charge on any atom is 0.225 e. The molecule has 3 rings (SSSR count). The fourth-order valence-corrected chi connectivity index (χ4v) is 3.70. The van der Waals surface area contributed by atoms with Crippen LogP contribution < -0.4 is 14.4 Å². The Labute approximate surface area is 172 Å². The summed E-state index contributed by atoms with van der Waals surface area (Å²) in [5.74, 6) is 2.70. The van der Waals surface area contributed by atoms with Gasteiger partial charge in [-0.15, -0.1) is 10.2 Å². The highest BCUT2D eigenvalue weighted by Gasteiger charge is 2.26. The van der Waals surface area contributed by atoms with Crippen LogP contribution in [0.5, 0.6) is 11.5 Å². The molecular weight excluding hydrogens is 368 g/mol. The SMILES string of the molecule is CCC(CC)C(=O)N1CCN(c2ccc(-c3cc(OC)ccc3OC)nn2)CC1. The largest absolute Gasteiger partial charge is 0.497 e. The van der Waals surface area contributed by atoms with Gasteiger partial charge in [0.2, 0.25) is 5.91 Å². The number of aromatic nitrogens is 2. The van der Waals surface area contributed by atoms with Crippen molar-refractivity contribution >= 4 is 11.7 Å². The van der Waals surface area contributed by atoms with E-state index < -0.39 is 0 Å². The number of piperazine rings is 1. The lowest BCUT2D eigenvalue weighted by atomic mass is 10.0. The number of carbonyl (C=O) groups excluding carboxylic acids is 1. The maximum atomic E-state index is 12.6. The van der Waals surface area contributed by atoms with Gasteiger partial charge in [0.05, 0.1) is 19.9 Å². The summed E-state index contributed by atoms with van der Waals surface area (Å²) >= 11 is 0. The monoisotopic (exact) mass is 398 g/mol. The minimum Gasteiger partial charge on any atom is -0.497 e. The van der Waals surface area contributed by atoms with E-state index in [4.69, 9.17) is 9.47 Å². The average molecular weight is 399 g/mol. The lowest BCUT2D eigenvalue weighted by Crippen LogP contribution is -2.50. The minimum absolute atomic E-state index is 0.137. The van der Waals surface area contributed by atoms with Gasteiger partial charge in [0, 0.05) is 37.7 Å². The predicted octanol–water partition coefficient (Wildman–Crippen LogP) is 3.25. The van der Waals surface area contributed by atoms with Gasteiger partial charge in [-0.1, -0.05) is 13.8 Å². The quantitative estimate of drug-likeness (QED) is 0.713. The van der Waals surface area contributed by atoms with Crippen molar-refractivity contribution in [2.45, 2.75) is 26.7 Å². The number of methoxy groups -OCH3 is 2. The molecule has 0 bridgehead atoms. The molecule has 1 aliphatic rings. The van der Waals surface area contributed by atoms with Crippen LogP contribution in [0.2, 0.25) is 0 Å². The molecule has 1 aliphatic heterocycles. The number of benzene rings is 1. The summed E-state index contributed by atoms with van der Waals surface area (Å²) in [5.41, 5.74) is 1.57. The van der Waals surface area contributed by atoms with E-state index in [0.717, 1.165) is 67.6 Å². The summed E-state index contributed by atoms with van der Waals surface area (Å²) in [4.78, 5) is 16.7. The van der Waals surface area contributed by atoms with E-state index >= 15 is 0 Å². The summed E-state index contributed by atoms with van der Waals surface area (Å²) in [6.45, 7) is 7.14. The molecular formula is C22H30N4O3. The minimum atomic E-state index is 0.137. The Morgan fingerprint density at radius 1 is 1.00 bits per heavy atom. The van der Waals surface area contributed by atoms with Crippen LogP contribution >= 0.6 is 0 Å². The van der Waals surface area contributed by atoms with E-state index in [-0.39, 0.29) is 11.8 Å². The summed E-state index contributed by atoms with van der Waals surface area (Å²) in [5, 5.41) is 8.83. The molecule has 2 heterocycles. The third-order valence-electron chi connectivity index (χ3n) is 5.58. The lowest BCUT2D eigenvalue weighted by molar-refractivity contribution is -0.136. The van der Waals surface area contributed by atoms with Crippen LogP contribution in [0.15, 0.2) is 30.3 Å². The van der Waals surface area contributed by atoms with E-state index in [1.807, 2.05) is 35.2 Å². The Kier molecular flexibility index (Phi) is 6.90. The lowest BCUT2D eigenvalue weighted by Gasteiger charge is -2.36. The molecule has 1 amide bonds. The van der Waals surface area contributed by atoms with Crippen molar-refractivity contribution in [2.75, 3.05) is 45.3 Å². The van der Waals surface area contributed by atoms with Crippen molar-refractivity contribution in [1.82, 2.24) is 15.1 Å². The first-order valence-corrected chi connectivity index (χ1v) is 10.2. The van der Waals surface area contributed by atoms with E-state index in [1.54, 1.807) is 14.2 Å². The second-order valence-electron chi connectivity index (χ2n) is 7.17. The molecule has 156 valence electrons. The fraction of sp³-hybridized carbons (Fsp3) is 0.500. The zero-order valence-corrected chi connectivity index (χ0v) is 17.7. The van der Waals surface area contributed by atoms with E-state index in [2.05, 4.69) is 28.9 Å². The molecule has 1 aromatic heterocycles. The van der Waals surface area contributed by atoms with Crippen LogP contribution in [0.25, 0.3) is 11.3 Å². The zero-order valence-electron chi connectivity index (χ0n) is 17.7. The number of ether oxygens (including phenoxy) is 2. The van der Waals surface area contributed by atoms with Crippen LogP contribution in [0.1, 0.15) is 26.7 Å². The molecule has 0 saturated carbocycles. The van der Waals surface area contributed by atoms with Crippen LogP contribution in [-0.4, -0.2) is 61.4 Å². The van der Waals surface area contributed by atoms with Gasteiger partial charge in [0.25, 0.3) is 0 Å². The molecule has 0 atom stereocenters. The first-order chi connectivity index (χ1) is 14.1. The van der Waals surface area contributed by atoms with Crippen LogP contribution in [0.4, 0.5) is 5.82 Å². The molecule has 1 aromatic carbocycles. The summed E-state index contributed by atoms with van der Waals surface area (Å²) in [6.07, 6.45) is 1.80. The first kappa shape index (κ1) is 20.9. The Bertz CT molecular complexity index is 813. The number of anilines is 1. The summed E-state index contributed by atoms with van der Waals surface area (Å²) in [6, 6.07) is 9.53. The highest BCUT2D eigenvalue weighted by molar-refractivity contribution is 5.79. The van der Waals surface area contributed by atoms with Crippen molar-refractivity contribution in [3.05, 3.63) is 30.3 Å². The van der Waals surface area contributed by atoms with E-state index in [1.165, 1.54) is 0 Å². The molecule has 0 unspecified atom stereocenters. The second-order valence-corrected chi connectivity index (χ2v) is 7.17. The van der Waals surface area contributed by atoms with Gasteiger partial charge in [-0.3, -0.25) is 4.79 Å². The third-order valence-corrected chi connectivity index (χ3v) is 5.58. The predicted molar refractivity (Wildman–Crippen MR) is 113 cm³/mol. The molecule has 1 saturated heterocycles. The Balaban J connectivity index is 1.68. The van der Waals surface area contributed by atoms with Gasteiger partial charge in [-0.2, -0.15) is 0 Å². The highest BCUT2D eigenvalue weighted by atomic mass is 16.5. The number of hydrogen-bond acceptors (Lipinski definition) is 6. The Morgan fingerprint density at radius 3 is 2.28 bits per heavy atom. The fourth-order valence-electron chi connectivity index (χ4n) is 3.70. The topological polar surface area (TPSA) is 67.8 Å². The van der Waals surface area contributed by atoms with Gasteiger partial charge in [-0.05, 0) is 43.2 Å². The van der Waals surface area contributed by atoms with Gasteiger partial charge < -0.3 is 19.3 Å². The molecule has 2 aromatic rings. The summed E-state index contributed by atoms with van der Waals surface area (Å²) in [7, 11) is 3.27. The molecule has 0 radical (unpaired) electrons. The molecule has 7 nitrogen and oxygen atoms in total. The van der Waals surface area contributed by atoms with Crippen LogP contribution in [0.3, 0.4) is 0 Å². The zero-order chi connectivity index (χ0) is 20.8.